The highest BCUT2D eigenvalue weighted by Crippen LogP contribution is 2.28. The number of nitrogen functional groups attached to an aromatic ring is 1. The van der Waals surface area contributed by atoms with Crippen LogP contribution in [0.5, 0.6) is 0 Å². The first kappa shape index (κ1) is 11.3. The fourth-order valence-corrected chi connectivity index (χ4v) is 2.57. The van der Waals surface area contributed by atoms with Gasteiger partial charge in [-0.1, -0.05) is 18.9 Å². The van der Waals surface area contributed by atoms with E-state index in [9.17, 15) is 0 Å². The molecular weight excluding hydrogens is 196 g/mol. The first-order valence-electron chi connectivity index (χ1n) is 6.31. The number of aryl methyl sites for hydroxylation is 1. The fourth-order valence-electron chi connectivity index (χ4n) is 2.57. The molecule has 1 aromatic carbocycles. The summed E-state index contributed by atoms with van der Waals surface area (Å²) in [5, 5.41) is 0. The smallest absolute Gasteiger partial charge is 0.0418 e. The third-order valence-corrected chi connectivity index (χ3v) is 3.60. The number of nitrogens with two attached hydrogens (primary N) is 1. The lowest BCUT2D eigenvalue weighted by Gasteiger charge is -2.31. The zero-order chi connectivity index (χ0) is 11.5. The molecule has 1 saturated heterocycles. The summed E-state index contributed by atoms with van der Waals surface area (Å²) in [7, 11) is 0. The van der Waals surface area contributed by atoms with E-state index in [1.54, 1.807) is 0 Å². The highest BCUT2D eigenvalue weighted by Gasteiger charge is 2.18. The summed E-state index contributed by atoms with van der Waals surface area (Å²) in [6, 6.07) is 6.88. The maximum Gasteiger partial charge on any atom is 0.0418 e. The van der Waals surface area contributed by atoms with Gasteiger partial charge in [0, 0.05) is 24.0 Å². The van der Waals surface area contributed by atoms with Gasteiger partial charge in [-0.3, -0.25) is 0 Å². The zero-order valence-corrected chi connectivity index (χ0v) is 10.4. The standard InChI is InChI=1S/C14H22N2/c1-11-7-8-13(15)10-14(11)16-9-5-3-4-6-12(16)2/h7-8,10,12H,3-6,9,15H2,1-2H3. The van der Waals surface area contributed by atoms with E-state index in [-0.39, 0.29) is 0 Å². The Morgan fingerprint density at radius 2 is 2.06 bits per heavy atom. The van der Waals surface area contributed by atoms with Crippen molar-refractivity contribution in [2.75, 3.05) is 17.2 Å². The van der Waals surface area contributed by atoms with Gasteiger partial charge in [0.2, 0.25) is 0 Å². The first-order chi connectivity index (χ1) is 7.68. The fraction of sp³-hybridized carbons (Fsp3) is 0.571. The Kier molecular flexibility index (Phi) is 3.37. The van der Waals surface area contributed by atoms with Crippen LogP contribution in [-0.4, -0.2) is 12.6 Å². The molecule has 0 aromatic heterocycles. The molecule has 0 aliphatic carbocycles. The SMILES string of the molecule is Cc1ccc(N)cc1N1CCCCCC1C. The van der Waals surface area contributed by atoms with E-state index in [4.69, 9.17) is 5.73 Å². The summed E-state index contributed by atoms with van der Waals surface area (Å²) in [6.45, 7) is 5.67. The molecule has 16 heavy (non-hydrogen) atoms. The predicted molar refractivity (Wildman–Crippen MR) is 70.9 cm³/mol. The van der Waals surface area contributed by atoms with Crippen LogP contribution in [-0.2, 0) is 0 Å². The number of anilines is 2. The van der Waals surface area contributed by atoms with Crippen LogP contribution in [0.25, 0.3) is 0 Å². The molecule has 2 heteroatoms. The Balaban J connectivity index is 2.29. The second-order valence-electron chi connectivity index (χ2n) is 4.94. The number of benzene rings is 1. The molecule has 0 saturated carbocycles. The molecule has 1 heterocycles. The Morgan fingerprint density at radius 1 is 1.25 bits per heavy atom. The van der Waals surface area contributed by atoms with E-state index in [1.807, 2.05) is 6.07 Å². The van der Waals surface area contributed by atoms with E-state index in [0.717, 1.165) is 5.69 Å². The van der Waals surface area contributed by atoms with Gasteiger partial charge in [-0.05, 0) is 44.4 Å². The van der Waals surface area contributed by atoms with E-state index in [2.05, 4.69) is 30.9 Å². The van der Waals surface area contributed by atoms with E-state index < -0.39 is 0 Å². The van der Waals surface area contributed by atoms with Gasteiger partial charge in [-0.2, -0.15) is 0 Å². The minimum atomic E-state index is 0.642. The highest BCUT2D eigenvalue weighted by atomic mass is 15.2. The van der Waals surface area contributed by atoms with Crippen LogP contribution in [0.2, 0.25) is 0 Å². The average molecular weight is 218 g/mol. The van der Waals surface area contributed by atoms with Crippen LogP contribution in [0.15, 0.2) is 18.2 Å². The van der Waals surface area contributed by atoms with Crippen LogP contribution in [0.4, 0.5) is 11.4 Å². The second kappa shape index (κ2) is 4.77. The van der Waals surface area contributed by atoms with Crippen molar-refractivity contribution >= 4 is 11.4 Å². The van der Waals surface area contributed by atoms with Crippen LogP contribution in [0, 0.1) is 6.92 Å². The van der Waals surface area contributed by atoms with Crippen molar-refractivity contribution in [3.05, 3.63) is 23.8 Å². The lowest BCUT2D eigenvalue weighted by atomic mass is 10.1. The number of rotatable bonds is 1. The van der Waals surface area contributed by atoms with Gasteiger partial charge in [0.25, 0.3) is 0 Å². The second-order valence-corrected chi connectivity index (χ2v) is 4.94. The van der Waals surface area contributed by atoms with Crippen LogP contribution < -0.4 is 10.6 Å². The molecule has 1 aliphatic heterocycles. The zero-order valence-electron chi connectivity index (χ0n) is 10.4. The van der Waals surface area contributed by atoms with Crippen molar-refractivity contribution in [2.24, 2.45) is 0 Å². The van der Waals surface area contributed by atoms with Crippen molar-refractivity contribution < 1.29 is 0 Å². The van der Waals surface area contributed by atoms with Crippen molar-refractivity contribution in [2.45, 2.75) is 45.6 Å². The molecule has 1 atom stereocenters. The molecule has 0 radical (unpaired) electrons. The number of hydrogen-bond acceptors (Lipinski definition) is 2. The van der Waals surface area contributed by atoms with E-state index in [0.29, 0.717) is 6.04 Å². The van der Waals surface area contributed by atoms with Gasteiger partial charge in [-0.15, -0.1) is 0 Å². The molecule has 0 amide bonds. The minimum absolute atomic E-state index is 0.642. The minimum Gasteiger partial charge on any atom is -0.399 e. The highest BCUT2D eigenvalue weighted by molar-refractivity contribution is 5.61. The molecule has 88 valence electrons. The van der Waals surface area contributed by atoms with Crippen molar-refractivity contribution in [3.63, 3.8) is 0 Å². The summed E-state index contributed by atoms with van der Waals surface area (Å²) in [5.74, 6) is 0. The quantitative estimate of drug-likeness (QED) is 0.732. The first-order valence-corrected chi connectivity index (χ1v) is 6.31. The average Bonchev–Trinajstić information content (AvgIpc) is 2.47. The summed E-state index contributed by atoms with van der Waals surface area (Å²) in [5.41, 5.74) is 9.43. The Labute approximate surface area is 98.4 Å². The molecule has 1 aromatic rings. The molecule has 2 N–H and O–H groups in total. The van der Waals surface area contributed by atoms with Gasteiger partial charge in [-0.25, -0.2) is 0 Å². The third kappa shape index (κ3) is 2.31. The lowest BCUT2D eigenvalue weighted by molar-refractivity contribution is 0.615. The molecule has 0 bridgehead atoms. The summed E-state index contributed by atoms with van der Waals surface area (Å²) < 4.78 is 0. The monoisotopic (exact) mass is 218 g/mol. The normalized spacial score (nSPS) is 21.9. The summed E-state index contributed by atoms with van der Waals surface area (Å²) in [6.07, 6.45) is 5.33. The Bertz CT molecular complexity index is 360. The van der Waals surface area contributed by atoms with Crippen molar-refractivity contribution in [3.8, 4) is 0 Å². The van der Waals surface area contributed by atoms with Crippen LogP contribution >= 0.6 is 0 Å². The maximum atomic E-state index is 5.89. The van der Waals surface area contributed by atoms with Gasteiger partial charge >= 0.3 is 0 Å². The maximum absolute atomic E-state index is 5.89. The lowest BCUT2D eigenvalue weighted by Crippen LogP contribution is -2.33. The molecule has 0 spiro atoms. The third-order valence-electron chi connectivity index (χ3n) is 3.60. The Hall–Kier alpha value is -1.18. The van der Waals surface area contributed by atoms with E-state index >= 15 is 0 Å². The predicted octanol–water partition coefficient (Wildman–Crippen LogP) is 3.35. The molecule has 1 aliphatic rings. The van der Waals surface area contributed by atoms with Crippen LogP contribution in [0.1, 0.15) is 38.2 Å². The molecule has 2 rings (SSSR count). The van der Waals surface area contributed by atoms with Gasteiger partial charge in [0.1, 0.15) is 0 Å². The van der Waals surface area contributed by atoms with Crippen LogP contribution in [0.3, 0.4) is 0 Å². The van der Waals surface area contributed by atoms with Gasteiger partial charge < -0.3 is 10.6 Å². The topological polar surface area (TPSA) is 29.3 Å². The molecule has 1 unspecified atom stereocenters. The largest absolute Gasteiger partial charge is 0.399 e. The number of hydrogen-bond donors (Lipinski definition) is 1. The summed E-state index contributed by atoms with van der Waals surface area (Å²) >= 11 is 0. The molecular formula is C14H22N2. The van der Waals surface area contributed by atoms with E-state index in [1.165, 1.54) is 43.5 Å². The molecule has 1 fully saturated rings. The number of nitrogens with zero attached hydrogens (tertiary/aromatic N) is 1. The van der Waals surface area contributed by atoms with Crippen molar-refractivity contribution in [1.29, 1.82) is 0 Å². The Morgan fingerprint density at radius 3 is 2.88 bits per heavy atom. The van der Waals surface area contributed by atoms with Gasteiger partial charge in [0.05, 0.1) is 0 Å². The van der Waals surface area contributed by atoms with Gasteiger partial charge in [0.15, 0.2) is 0 Å². The summed E-state index contributed by atoms with van der Waals surface area (Å²) in [4.78, 5) is 2.53. The molecule has 2 nitrogen and oxygen atoms in total. The van der Waals surface area contributed by atoms with Crippen molar-refractivity contribution in [1.82, 2.24) is 0 Å².